The molecular formula is C17H25NO3. The zero-order valence-corrected chi connectivity index (χ0v) is 12.9. The Hall–Kier alpha value is -1.55. The maximum Gasteiger partial charge on any atom is 0.260 e. The summed E-state index contributed by atoms with van der Waals surface area (Å²) >= 11 is 0. The van der Waals surface area contributed by atoms with Crippen LogP contribution in [0.4, 0.5) is 0 Å². The van der Waals surface area contributed by atoms with Crippen molar-refractivity contribution in [2.45, 2.75) is 38.7 Å². The molecule has 1 unspecified atom stereocenters. The van der Waals surface area contributed by atoms with E-state index in [4.69, 9.17) is 9.47 Å². The van der Waals surface area contributed by atoms with Crippen molar-refractivity contribution in [2.24, 2.45) is 5.41 Å². The molecule has 1 amide bonds. The van der Waals surface area contributed by atoms with Gasteiger partial charge in [0.2, 0.25) is 0 Å². The van der Waals surface area contributed by atoms with Crippen molar-refractivity contribution in [3.63, 3.8) is 0 Å². The van der Waals surface area contributed by atoms with Crippen LogP contribution >= 0.6 is 0 Å². The quantitative estimate of drug-likeness (QED) is 0.840. The summed E-state index contributed by atoms with van der Waals surface area (Å²) in [5.74, 6) is 0.647. The van der Waals surface area contributed by atoms with Crippen LogP contribution in [0.25, 0.3) is 0 Å². The Balaban J connectivity index is 1.83. The highest BCUT2D eigenvalue weighted by Gasteiger charge is 2.34. The average molecular weight is 291 g/mol. The summed E-state index contributed by atoms with van der Waals surface area (Å²) in [5, 5.41) is 3.03. The fourth-order valence-corrected chi connectivity index (χ4v) is 2.98. The number of nitrogens with one attached hydrogen (secondary N) is 1. The standard InChI is InChI=1S/C17H25NO3/c1-14(21-15-8-4-3-5-9-15)16(19)18-12-17(13-20-2)10-6-7-11-17/h3-5,8-9,14H,6-7,10-13H2,1-2H3,(H,18,19). The maximum atomic E-state index is 12.2. The topological polar surface area (TPSA) is 47.6 Å². The molecule has 1 saturated carbocycles. The van der Waals surface area contributed by atoms with E-state index in [0.717, 1.165) is 12.8 Å². The Morgan fingerprint density at radius 3 is 2.57 bits per heavy atom. The van der Waals surface area contributed by atoms with Gasteiger partial charge in [0.05, 0.1) is 6.61 Å². The number of benzene rings is 1. The summed E-state index contributed by atoms with van der Waals surface area (Å²) in [7, 11) is 1.73. The van der Waals surface area contributed by atoms with Gasteiger partial charge >= 0.3 is 0 Å². The molecule has 1 atom stereocenters. The molecule has 0 heterocycles. The molecule has 4 nitrogen and oxygen atoms in total. The molecule has 0 saturated heterocycles. The van der Waals surface area contributed by atoms with E-state index >= 15 is 0 Å². The van der Waals surface area contributed by atoms with Crippen LogP contribution in [0.1, 0.15) is 32.6 Å². The molecule has 116 valence electrons. The molecule has 2 rings (SSSR count). The number of methoxy groups -OCH3 is 1. The second kappa shape index (κ2) is 7.46. The highest BCUT2D eigenvalue weighted by molar-refractivity contribution is 5.80. The molecule has 1 aliphatic carbocycles. The van der Waals surface area contributed by atoms with Crippen LogP contribution in [0.3, 0.4) is 0 Å². The van der Waals surface area contributed by atoms with Crippen molar-refractivity contribution in [2.75, 3.05) is 20.3 Å². The molecule has 1 fully saturated rings. The Morgan fingerprint density at radius 2 is 1.95 bits per heavy atom. The summed E-state index contributed by atoms with van der Waals surface area (Å²) in [6.45, 7) is 3.16. The Morgan fingerprint density at radius 1 is 1.29 bits per heavy atom. The van der Waals surface area contributed by atoms with E-state index in [1.807, 2.05) is 30.3 Å². The monoisotopic (exact) mass is 291 g/mol. The number of hydrogen-bond acceptors (Lipinski definition) is 3. The van der Waals surface area contributed by atoms with E-state index in [0.29, 0.717) is 18.9 Å². The molecule has 0 bridgehead atoms. The number of hydrogen-bond donors (Lipinski definition) is 1. The predicted molar refractivity (Wildman–Crippen MR) is 82.3 cm³/mol. The predicted octanol–water partition coefficient (Wildman–Crippen LogP) is 2.78. The third kappa shape index (κ3) is 4.46. The van der Waals surface area contributed by atoms with Crippen molar-refractivity contribution in [3.8, 4) is 5.75 Å². The van der Waals surface area contributed by atoms with Gasteiger partial charge in [-0.05, 0) is 31.9 Å². The fourth-order valence-electron chi connectivity index (χ4n) is 2.98. The van der Waals surface area contributed by atoms with Crippen LogP contribution < -0.4 is 10.1 Å². The highest BCUT2D eigenvalue weighted by atomic mass is 16.5. The molecule has 1 N–H and O–H groups in total. The minimum atomic E-state index is -0.492. The molecule has 1 aromatic rings. The second-order valence-corrected chi connectivity index (χ2v) is 5.93. The Labute approximate surface area is 126 Å². The fraction of sp³-hybridized carbons (Fsp3) is 0.588. The summed E-state index contributed by atoms with van der Waals surface area (Å²) in [4.78, 5) is 12.2. The van der Waals surface area contributed by atoms with Crippen LogP contribution in [0.5, 0.6) is 5.75 Å². The van der Waals surface area contributed by atoms with Crippen LogP contribution in [-0.4, -0.2) is 32.3 Å². The van der Waals surface area contributed by atoms with Gasteiger partial charge in [0.25, 0.3) is 5.91 Å². The van der Waals surface area contributed by atoms with Gasteiger partial charge in [-0.3, -0.25) is 4.79 Å². The maximum absolute atomic E-state index is 12.2. The molecule has 1 aromatic carbocycles. The van der Waals surface area contributed by atoms with E-state index in [1.165, 1.54) is 12.8 Å². The zero-order chi connectivity index (χ0) is 15.1. The summed E-state index contributed by atoms with van der Waals surface area (Å²) < 4.78 is 11.0. The van der Waals surface area contributed by atoms with E-state index < -0.39 is 6.10 Å². The van der Waals surface area contributed by atoms with Crippen molar-refractivity contribution >= 4 is 5.91 Å². The van der Waals surface area contributed by atoms with E-state index in [-0.39, 0.29) is 11.3 Å². The minimum absolute atomic E-state index is 0.0683. The molecule has 1 aliphatic rings. The smallest absolute Gasteiger partial charge is 0.260 e. The molecule has 0 aromatic heterocycles. The summed E-state index contributed by atoms with van der Waals surface area (Å²) in [5.41, 5.74) is 0.108. The van der Waals surface area contributed by atoms with Crippen LogP contribution in [-0.2, 0) is 9.53 Å². The first-order valence-electron chi connectivity index (χ1n) is 7.64. The highest BCUT2D eigenvalue weighted by Crippen LogP contribution is 2.37. The molecule has 0 aliphatic heterocycles. The van der Waals surface area contributed by atoms with Crippen LogP contribution in [0.2, 0.25) is 0 Å². The van der Waals surface area contributed by atoms with Crippen LogP contribution in [0, 0.1) is 5.41 Å². The molecular weight excluding hydrogens is 266 g/mol. The van der Waals surface area contributed by atoms with Gasteiger partial charge < -0.3 is 14.8 Å². The normalized spacial score (nSPS) is 18.2. The SMILES string of the molecule is COCC1(CNC(=O)C(C)Oc2ccccc2)CCCC1. The van der Waals surface area contributed by atoms with E-state index in [1.54, 1.807) is 14.0 Å². The van der Waals surface area contributed by atoms with E-state index in [2.05, 4.69) is 5.32 Å². The van der Waals surface area contributed by atoms with Gasteiger partial charge in [0, 0.05) is 19.1 Å². The van der Waals surface area contributed by atoms with Gasteiger partial charge in [-0.1, -0.05) is 31.0 Å². The minimum Gasteiger partial charge on any atom is -0.481 e. The number of carbonyl (C=O) groups excluding carboxylic acids is 1. The average Bonchev–Trinajstić information content (AvgIpc) is 2.95. The molecule has 0 radical (unpaired) electrons. The Kier molecular flexibility index (Phi) is 5.62. The van der Waals surface area contributed by atoms with Crippen molar-refractivity contribution in [1.82, 2.24) is 5.32 Å². The number of para-hydroxylation sites is 1. The van der Waals surface area contributed by atoms with Crippen LogP contribution in [0.15, 0.2) is 30.3 Å². The van der Waals surface area contributed by atoms with E-state index in [9.17, 15) is 4.79 Å². The number of amides is 1. The van der Waals surface area contributed by atoms with Crippen molar-refractivity contribution in [1.29, 1.82) is 0 Å². The van der Waals surface area contributed by atoms with Gasteiger partial charge in [0.15, 0.2) is 6.10 Å². The Bertz CT molecular complexity index is 441. The van der Waals surface area contributed by atoms with Crippen molar-refractivity contribution in [3.05, 3.63) is 30.3 Å². The third-order valence-electron chi connectivity index (χ3n) is 4.18. The first kappa shape index (κ1) is 15.8. The lowest BCUT2D eigenvalue weighted by molar-refractivity contribution is -0.128. The molecule has 0 spiro atoms. The largest absolute Gasteiger partial charge is 0.481 e. The summed E-state index contributed by atoms with van der Waals surface area (Å²) in [6, 6.07) is 9.42. The number of carbonyl (C=O) groups is 1. The van der Waals surface area contributed by atoms with Crippen molar-refractivity contribution < 1.29 is 14.3 Å². The molecule has 4 heteroatoms. The number of ether oxygens (including phenoxy) is 2. The molecule has 21 heavy (non-hydrogen) atoms. The second-order valence-electron chi connectivity index (χ2n) is 5.93. The lowest BCUT2D eigenvalue weighted by Crippen LogP contribution is -2.43. The van der Waals surface area contributed by atoms with Gasteiger partial charge in [-0.15, -0.1) is 0 Å². The van der Waals surface area contributed by atoms with Gasteiger partial charge in [-0.2, -0.15) is 0 Å². The van der Waals surface area contributed by atoms with Gasteiger partial charge in [0.1, 0.15) is 5.75 Å². The first-order chi connectivity index (χ1) is 10.2. The lowest BCUT2D eigenvalue weighted by Gasteiger charge is -2.29. The number of rotatable bonds is 7. The third-order valence-corrected chi connectivity index (χ3v) is 4.18. The lowest BCUT2D eigenvalue weighted by atomic mass is 9.87. The zero-order valence-electron chi connectivity index (χ0n) is 12.9. The first-order valence-corrected chi connectivity index (χ1v) is 7.64. The summed E-state index contributed by atoms with van der Waals surface area (Å²) in [6.07, 6.45) is 4.18. The van der Waals surface area contributed by atoms with Gasteiger partial charge in [-0.25, -0.2) is 0 Å².